The molecule has 0 atom stereocenters. The van der Waals surface area contributed by atoms with E-state index in [0.29, 0.717) is 5.69 Å². The van der Waals surface area contributed by atoms with Crippen molar-refractivity contribution < 1.29 is 19.1 Å². The van der Waals surface area contributed by atoms with E-state index < -0.39 is 11.8 Å². The van der Waals surface area contributed by atoms with E-state index in [1.165, 1.54) is 0 Å². The second-order valence-corrected chi connectivity index (χ2v) is 5.77. The van der Waals surface area contributed by atoms with E-state index in [-0.39, 0.29) is 23.8 Å². The topological polar surface area (TPSA) is 64.6 Å². The van der Waals surface area contributed by atoms with Gasteiger partial charge in [0.2, 0.25) is 11.7 Å². The van der Waals surface area contributed by atoms with Crippen molar-refractivity contribution in [2.24, 2.45) is 0 Å². The Morgan fingerprint density at radius 2 is 1.81 bits per heavy atom. The molecule has 1 heterocycles. The summed E-state index contributed by atoms with van der Waals surface area (Å²) in [6.45, 7) is 3.84. The molecule has 0 bridgehead atoms. The molecule has 0 aliphatic carbocycles. The highest BCUT2D eigenvalue weighted by Crippen LogP contribution is 2.28. The lowest BCUT2D eigenvalue weighted by molar-refractivity contribution is -0.139. The third-order valence-corrected chi connectivity index (χ3v) is 3.78. The first-order valence-electron chi connectivity index (χ1n) is 8.33. The van der Waals surface area contributed by atoms with Crippen LogP contribution in [0.15, 0.2) is 71.8 Å². The molecule has 132 valence electrons. The summed E-state index contributed by atoms with van der Waals surface area (Å²) in [5.74, 6) is -1.04. The molecular weight excluding hydrogens is 330 g/mol. The fourth-order valence-corrected chi connectivity index (χ4v) is 2.47. The van der Waals surface area contributed by atoms with Crippen molar-refractivity contribution in [1.82, 2.24) is 0 Å². The first kappa shape index (κ1) is 17.5. The van der Waals surface area contributed by atoms with Crippen molar-refractivity contribution in [3.8, 4) is 0 Å². The molecule has 0 radical (unpaired) electrons. The van der Waals surface area contributed by atoms with E-state index in [4.69, 9.17) is 9.47 Å². The van der Waals surface area contributed by atoms with Crippen LogP contribution < -0.4 is 5.32 Å². The zero-order chi connectivity index (χ0) is 18.5. The van der Waals surface area contributed by atoms with Gasteiger partial charge in [-0.25, -0.2) is 4.79 Å². The lowest BCUT2D eigenvalue weighted by Gasteiger charge is -2.08. The number of ether oxygens (including phenoxy) is 2. The Labute approximate surface area is 151 Å². The van der Waals surface area contributed by atoms with Crippen LogP contribution in [0.25, 0.3) is 6.08 Å². The number of hydrogen-bond acceptors (Lipinski definition) is 5. The number of ketones is 1. The average molecular weight is 349 g/mol. The Balaban J connectivity index is 1.93. The van der Waals surface area contributed by atoms with Crippen LogP contribution in [0.3, 0.4) is 0 Å². The van der Waals surface area contributed by atoms with Gasteiger partial charge < -0.3 is 14.8 Å². The van der Waals surface area contributed by atoms with Gasteiger partial charge in [-0.15, -0.1) is 0 Å². The van der Waals surface area contributed by atoms with Crippen molar-refractivity contribution in [3.63, 3.8) is 0 Å². The van der Waals surface area contributed by atoms with Gasteiger partial charge in [-0.3, -0.25) is 4.79 Å². The molecule has 2 aromatic rings. The molecule has 0 fully saturated rings. The molecule has 0 amide bonds. The largest absolute Gasteiger partial charge is 0.462 e. The highest BCUT2D eigenvalue weighted by atomic mass is 16.5. The number of allylic oxidation sites excluding steroid dienone is 1. The third kappa shape index (κ3) is 3.83. The number of rotatable bonds is 5. The molecule has 3 rings (SSSR count). The molecule has 5 nitrogen and oxygen atoms in total. The Hall–Kier alpha value is -3.34. The monoisotopic (exact) mass is 349 g/mol. The molecule has 1 N–H and O–H groups in total. The minimum absolute atomic E-state index is 0.0790. The van der Waals surface area contributed by atoms with Gasteiger partial charge in [-0.05, 0) is 37.6 Å². The molecule has 0 saturated carbocycles. The predicted octanol–water partition coefficient (Wildman–Crippen LogP) is 3.82. The molecule has 0 saturated heterocycles. The fraction of sp³-hybridized carbons (Fsp3) is 0.143. The maximum absolute atomic E-state index is 12.7. The molecule has 0 aromatic heterocycles. The molecule has 1 aliphatic rings. The smallest absolute Gasteiger partial charge is 0.347 e. The van der Waals surface area contributed by atoms with Gasteiger partial charge in [-0.1, -0.05) is 48.0 Å². The molecule has 0 spiro atoms. The van der Waals surface area contributed by atoms with Crippen molar-refractivity contribution in [2.45, 2.75) is 13.8 Å². The molecule has 26 heavy (non-hydrogen) atoms. The van der Waals surface area contributed by atoms with Crippen LogP contribution in [-0.2, 0) is 19.1 Å². The van der Waals surface area contributed by atoms with Crippen LogP contribution in [-0.4, -0.2) is 18.4 Å². The van der Waals surface area contributed by atoms with Gasteiger partial charge in [0.25, 0.3) is 0 Å². The Morgan fingerprint density at radius 1 is 1.12 bits per heavy atom. The highest BCUT2D eigenvalue weighted by Gasteiger charge is 2.36. The van der Waals surface area contributed by atoms with Crippen LogP contribution in [0.4, 0.5) is 5.69 Å². The predicted molar refractivity (Wildman–Crippen MR) is 99.0 cm³/mol. The number of Topliss-reactive ketones (excluding diaryl/α,β-unsaturated/α-hetero) is 1. The lowest BCUT2D eigenvalue weighted by Crippen LogP contribution is -2.16. The second kappa shape index (κ2) is 7.70. The molecule has 2 aromatic carbocycles. The summed E-state index contributed by atoms with van der Waals surface area (Å²) < 4.78 is 10.7. The number of esters is 1. The van der Waals surface area contributed by atoms with Gasteiger partial charge in [0.05, 0.1) is 6.61 Å². The lowest BCUT2D eigenvalue weighted by atomic mass is 10.1. The van der Waals surface area contributed by atoms with Crippen LogP contribution in [0, 0.1) is 6.92 Å². The van der Waals surface area contributed by atoms with Crippen molar-refractivity contribution in [3.05, 3.63) is 82.9 Å². The number of para-hydroxylation sites is 1. The quantitative estimate of drug-likeness (QED) is 0.505. The Morgan fingerprint density at radius 3 is 2.46 bits per heavy atom. The van der Waals surface area contributed by atoms with Gasteiger partial charge in [0.15, 0.2) is 11.3 Å². The number of hydrogen-bond donors (Lipinski definition) is 1. The number of benzene rings is 2. The van der Waals surface area contributed by atoms with Gasteiger partial charge in [0.1, 0.15) is 0 Å². The van der Waals surface area contributed by atoms with E-state index >= 15 is 0 Å². The average Bonchev–Trinajstić information content (AvgIpc) is 2.93. The number of anilines is 1. The summed E-state index contributed by atoms with van der Waals surface area (Å²) in [7, 11) is 0. The number of aryl methyl sites for hydroxylation is 1. The maximum Gasteiger partial charge on any atom is 0.347 e. The van der Waals surface area contributed by atoms with Crippen molar-refractivity contribution in [2.75, 3.05) is 11.9 Å². The van der Waals surface area contributed by atoms with E-state index in [1.807, 2.05) is 61.5 Å². The van der Waals surface area contributed by atoms with E-state index in [1.54, 1.807) is 13.0 Å². The number of nitrogens with one attached hydrogen (secondary N) is 1. The van der Waals surface area contributed by atoms with E-state index in [9.17, 15) is 9.59 Å². The van der Waals surface area contributed by atoms with E-state index in [2.05, 4.69) is 5.32 Å². The first-order chi connectivity index (χ1) is 12.6. The highest BCUT2D eigenvalue weighted by molar-refractivity contribution is 6.26. The van der Waals surface area contributed by atoms with E-state index in [0.717, 1.165) is 11.1 Å². The van der Waals surface area contributed by atoms with Crippen molar-refractivity contribution >= 4 is 23.5 Å². The van der Waals surface area contributed by atoms with Crippen molar-refractivity contribution in [1.29, 1.82) is 0 Å². The number of carbonyl (C=O) groups excluding carboxylic acids is 2. The van der Waals surface area contributed by atoms with Crippen LogP contribution in [0.2, 0.25) is 0 Å². The SMILES string of the molecule is CCOC(=O)C1=C(Nc2ccccc2)OC(=Cc2ccc(C)cc2)C1=O. The third-order valence-electron chi connectivity index (χ3n) is 3.78. The normalized spacial score (nSPS) is 15.2. The second-order valence-electron chi connectivity index (χ2n) is 5.77. The summed E-state index contributed by atoms with van der Waals surface area (Å²) in [5.41, 5.74) is 2.49. The summed E-state index contributed by atoms with van der Waals surface area (Å²) in [5, 5.41) is 2.98. The Bertz CT molecular complexity index is 880. The minimum Gasteiger partial charge on any atom is -0.462 e. The van der Waals surface area contributed by atoms with Gasteiger partial charge in [0, 0.05) is 5.69 Å². The Kier molecular flexibility index (Phi) is 5.17. The van der Waals surface area contributed by atoms with Gasteiger partial charge in [-0.2, -0.15) is 0 Å². The fourth-order valence-electron chi connectivity index (χ4n) is 2.47. The molecule has 1 aliphatic heterocycles. The minimum atomic E-state index is -0.705. The summed E-state index contributed by atoms with van der Waals surface area (Å²) in [4.78, 5) is 25.0. The molecular formula is C21H19NO4. The summed E-state index contributed by atoms with van der Waals surface area (Å²) >= 11 is 0. The summed E-state index contributed by atoms with van der Waals surface area (Å²) in [6.07, 6.45) is 1.61. The van der Waals surface area contributed by atoms with Crippen LogP contribution >= 0.6 is 0 Å². The van der Waals surface area contributed by atoms with Gasteiger partial charge >= 0.3 is 5.97 Å². The maximum atomic E-state index is 12.7. The zero-order valence-electron chi connectivity index (χ0n) is 14.6. The molecule has 5 heteroatoms. The molecule has 0 unspecified atom stereocenters. The van der Waals surface area contributed by atoms with Crippen LogP contribution in [0.5, 0.6) is 0 Å². The first-order valence-corrected chi connectivity index (χ1v) is 8.33. The zero-order valence-corrected chi connectivity index (χ0v) is 14.6. The number of carbonyl (C=O) groups is 2. The summed E-state index contributed by atoms with van der Waals surface area (Å²) in [6, 6.07) is 16.8. The standard InChI is InChI=1S/C21H19NO4/c1-3-25-21(24)18-19(23)17(13-15-11-9-14(2)10-12-15)26-20(18)22-16-7-5-4-6-8-16/h4-13,22H,3H2,1-2H3. The van der Waals surface area contributed by atoms with Crippen LogP contribution in [0.1, 0.15) is 18.1 Å².